The molecule has 1 amide bonds. The molecule has 0 bridgehead atoms. The van der Waals surface area contributed by atoms with Gasteiger partial charge in [0.25, 0.3) is 5.91 Å². The lowest BCUT2D eigenvalue weighted by Crippen LogP contribution is -2.32. The van der Waals surface area contributed by atoms with Crippen LogP contribution in [0.1, 0.15) is 43.0 Å². The summed E-state index contributed by atoms with van der Waals surface area (Å²) in [5.74, 6) is 0.362. The second-order valence-corrected chi connectivity index (χ2v) is 5.20. The minimum Gasteiger partial charge on any atom is -0.352 e. The van der Waals surface area contributed by atoms with Gasteiger partial charge in [0.15, 0.2) is 5.82 Å². The van der Waals surface area contributed by atoms with Crippen LogP contribution in [0.15, 0.2) is 18.5 Å². The number of hydrogen-bond donors (Lipinski definition) is 1. The lowest BCUT2D eigenvalue weighted by molar-refractivity contribution is 0.0936. The normalized spacial score (nSPS) is 23.7. The van der Waals surface area contributed by atoms with E-state index in [0.29, 0.717) is 12.5 Å². The number of amides is 1. The van der Waals surface area contributed by atoms with Crippen molar-refractivity contribution in [3.8, 4) is 0 Å². The predicted octanol–water partition coefficient (Wildman–Crippen LogP) is 2.78. The Morgan fingerprint density at radius 2 is 2.39 bits per heavy atom. The number of hydrogen-bond acceptors (Lipinski definition) is 2. The maximum absolute atomic E-state index is 13.3. The molecule has 1 aliphatic carbocycles. The Bertz CT molecular complexity index is 422. The zero-order valence-corrected chi connectivity index (χ0v) is 10.7. The van der Waals surface area contributed by atoms with Gasteiger partial charge in [-0.15, -0.1) is 0 Å². The summed E-state index contributed by atoms with van der Waals surface area (Å²) in [5.41, 5.74) is 0.0776. The highest BCUT2D eigenvalue weighted by molar-refractivity contribution is 5.94. The van der Waals surface area contributed by atoms with Crippen LogP contribution >= 0.6 is 0 Å². The number of carbonyl (C=O) groups is 1. The third-order valence-corrected chi connectivity index (χ3v) is 3.61. The van der Waals surface area contributed by atoms with Crippen LogP contribution in [0.4, 0.5) is 4.39 Å². The molecule has 1 aliphatic rings. The molecular formula is C14H19FN2O. The third-order valence-electron chi connectivity index (χ3n) is 3.61. The Labute approximate surface area is 107 Å². The molecule has 1 aromatic rings. The highest BCUT2D eigenvalue weighted by Gasteiger charge is 2.20. The Morgan fingerprint density at radius 1 is 1.56 bits per heavy atom. The van der Waals surface area contributed by atoms with Crippen LogP contribution in [0.3, 0.4) is 0 Å². The van der Waals surface area contributed by atoms with Gasteiger partial charge in [0.05, 0.1) is 11.8 Å². The average Bonchev–Trinajstić information content (AvgIpc) is 2.37. The molecule has 18 heavy (non-hydrogen) atoms. The highest BCUT2D eigenvalue weighted by Crippen LogP contribution is 2.27. The van der Waals surface area contributed by atoms with E-state index in [-0.39, 0.29) is 11.5 Å². The molecule has 3 nitrogen and oxygen atoms in total. The van der Waals surface area contributed by atoms with E-state index < -0.39 is 5.82 Å². The van der Waals surface area contributed by atoms with Crippen LogP contribution in [0, 0.1) is 17.7 Å². The molecule has 4 heteroatoms. The maximum atomic E-state index is 13.3. The van der Waals surface area contributed by atoms with Crippen molar-refractivity contribution in [3.63, 3.8) is 0 Å². The smallest absolute Gasteiger partial charge is 0.254 e. The van der Waals surface area contributed by atoms with E-state index >= 15 is 0 Å². The van der Waals surface area contributed by atoms with E-state index in [2.05, 4.69) is 17.2 Å². The SMILES string of the molecule is CC1CCCC(CNC(=O)c2ccncc2F)C1. The van der Waals surface area contributed by atoms with E-state index in [1.54, 1.807) is 0 Å². The number of carbonyl (C=O) groups excluding carboxylic acids is 1. The first-order valence-corrected chi connectivity index (χ1v) is 6.54. The van der Waals surface area contributed by atoms with Gasteiger partial charge in [-0.05, 0) is 30.7 Å². The second kappa shape index (κ2) is 5.94. The van der Waals surface area contributed by atoms with Crippen LogP contribution in [-0.2, 0) is 0 Å². The van der Waals surface area contributed by atoms with Crippen molar-refractivity contribution < 1.29 is 9.18 Å². The molecule has 0 saturated heterocycles. The van der Waals surface area contributed by atoms with E-state index in [4.69, 9.17) is 0 Å². The molecule has 1 aromatic heterocycles. The highest BCUT2D eigenvalue weighted by atomic mass is 19.1. The fourth-order valence-electron chi connectivity index (χ4n) is 2.64. The fourth-order valence-corrected chi connectivity index (χ4v) is 2.64. The zero-order valence-electron chi connectivity index (χ0n) is 10.7. The molecule has 0 aromatic carbocycles. The molecule has 0 spiro atoms. The number of aromatic nitrogens is 1. The quantitative estimate of drug-likeness (QED) is 0.896. The maximum Gasteiger partial charge on any atom is 0.254 e. The fraction of sp³-hybridized carbons (Fsp3) is 0.571. The number of halogens is 1. The summed E-state index contributed by atoms with van der Waals surface area (Å²) in [6.07, 6.45) is 7.32. The van der Waals surface area contributed by atoms with E-state index in [1.165, 1.54) is 25.1 Å². The summed E-state index contributed by atoms with van der Waals surface area (Å²) in [6, 6.07) is 1.41. The van der Waals surface area contributed by atoms with Gasteiger partial charge in [0.1, 0.15) is 0 Å². The van der Waals surface area contributed by atoms with Gasteiger partial charge in [0, 0.05) is 12.7 Å². The second-order valence-electron chi connectivity index (χ2n) is 5.20. The van der Waals surface area contributed by atoms with Gasteiger partial charge in [-0.25, -0.2) is 4.39 Å². The average molecular weight is 250 g/mol. The van der Waals surface area contributed by atoms with E-state index in [1.807, 2.05) is 0 Å². The lowest BCUT2D eigenvalue weighted by atomic mass is 9.82. The van der Waals surface area contributed by atoms with E-state index in [9.17, 15) is 9.18 Å². The minimum atomic E-state index is -0.563. The van der Waals surface area contributed by atoms with Gasteiger partial charge < -0.3 is 5.32 Å². The summed E-state index contributed by atoms with van der Waals surface area (Å²) < 4.78 is 13.3. The summed E-state index contributed by atoms with van der Waals surface area (Å²) in [5, 5.41) is 2.82. The first kappa shape index (κ1) is 13.0. The van der Waals surface area contributed by atoms with Gasteiger partial charge in [-0.1, -0.05) is 19.8 Å². The third kappa shape index (κ3) is 3.28. The number of rotatable bonds is 3. The number of nitrogens with zero attached hydrogens (tertiary/aromatic N) is 1. The van der Waals surface area contributed by atoms with Crippen molar-refractivity contribution in [2.45, 2.75) is 32.6 Å². The molecule has 2 rings (SSSR count). The van der Waals surface area contributed by atoms with Gasteiger partial charge >= 0.3 is 0 Å². The van der Waals surface area contributed by atoms with Crippen LogP contribution in [0.2, 0.25) is 0 Å². The van der Waals surface area contributed by atoms with Crippen LogP contribution in [-0.4, -0.2) is 17.4 Å². The van der Waals surface area contributed by atoms with Gasteiger partial charge in [0.2, 0.25) is 0 Å². The molecular weight excluding hydrogens is 231 g/mol. The molecule has 0 radical (unpaired) electrons. The van der Waals surface area contributed by atoms with Crippen molar-refractivity contribution >= 4 is 5.91 Å². The first-order valence-electron chi connectivity index (χ1n) is 6.54. The van der Waals surface area contributed by atoms with Crippen LogP contribution < -0.4 is 5.32 Å². The molecule has 98 valence electrons. The van der Waals surface area contributed by atoms with Crippen molar-refractivity contribution in [1.29, 1.82) is 0 Å². The van der Waals surface area contributed by atoms with Crippen molar-refractivity contribution in [1.82, 2.24) is 10.3 Å². The van der Waals surface area contributed by atoms with Gasteiger partial charge in [-0.2, -0.15) is 0 Å². The largest absolute Gasteiger partial charge is 0.352 e. The van der Waals surface area contributed by atoms with Crippen molar-refractivity contribution in [2.75, 3.05) is 6.54 Å². The minimum absolute atomic E-state index is 0.0776. The molecule has 2 unspecified atom stereocenters. The first-order chi connectivity index (χ1) is 8.66. The predicted molar refractivity (Wildman–Crippen MR) is 67.7 cm³/mol. The Hall–Kier alpha value is -1.45. The molecule has 1 fully saturated rings. The number of nitrogens with one attached hydrogen (secondary N) is 1. The Kier molecular flexibility index (Phi) is 4.28. The zero-order chi connectivity index (χ0) is 13.0. The monoisotopic (exact) mass is 250 g/mol. The summed E-state index contributed by atoms with van der Waals surface area (Å²) in [4.78, 5) is 15.4. The summed E-state index contributed by atoms with van der Waals surface area (Å²) >= 11 is 0. The molecule has 0 aliphatic heterocycles. The summed E-state index contributed by atoms with van der Waals surface area (Å²) in [7, 11) is 0. The molecule has 2 atom stereocenters. The molecule has 1 heterocycles. The molecule has 1 N–H and O–H groups in total. The lowest BCUT2D eigenvalue weighted by Gasteiger charge is -2.26. The van der Waals surface area contributed by atoms with E-state index in [0.717, 1.165) is 25.0 Å². The topological polar surface area (TPSA) is 42.0 Å². The summed E-state index contributed by atoms with van der Waals surface area (Å²) in [6.45, 7) is 2.89. The molecule has 1 saturated carbocycles. The van der Waals surface area contributed by atoms with Crippen molar-refractivity contribution in [2.24, 2.45) is 11.8 Å². The van der Waals surface area contributed by atoms with Crippen LogP contribution in [0.25, 0.3) is 0 Å². The number of pyridine rings is 1. The van der Waals surface area contributed by atoms with Crippen LogP contribution in [0.5, 0.6) is 0 Å². The van der Waals surface area contributed by atoms with Crippen molar-refractivity contribution in [3.05, 3.63) is 29.8 Å². The Balaban J connectivity index is 1.87. The van der Waals surface area contributed by atoms with Gasteiger partial charge in [-0.3, -0.25) is 9.78 Å². The Morgan fingerprint density at radius 3 is 3.11 bits per heavy atom. The standard InChI is InChI=1S/C14H19FN2O/c1-10-3-2-4-11(7-10)8-17-14(18)12-5-6-16-9-13(12)15/h5-6,9-11H,2-4,7-8H2,1H3,(H,17,18).